The van der Waals surface area contributed by atoms with Crippen LogP contribution < -0.4 is 15.0 Å². The first-order valence-corrected chi connectivity index (χ1v) is 9.70. The maximum Gasteiger partial charge on any atom is 0.241 e. The lowest BCUT2D eigenvalue weighted by Crippen LogP contribution is -2.44. The summed E-state index contributed by atoms with van der Waals surface area (Å²) in [5.41, 5.74) is 2.51. The van der Waals surface area contributed by atoms with Gasteiger partial charge in [0.25, 0.3) is 0 Å². The molecule has 152 valence electrons. The summed E-state index contributed by atoms with van der Waals surface area (Å²) in [7, 11) is 1.91. The minimum atomic E-state index is -0.208. The Morgan fingerprint density at radius 1 is 1.28 bits per heavy atom. The molecule has 3 rings (SSSR count). The molecule has 0 bridgehead atoms. The fraction of sp³-hybridized carbons (Fsp3) is 0.304. The van der Waals surface area contributed by atoms with Crippen LogP contribution in [0.4, 0.5) is 11.4 Å². The van der Waals surface area contributed by atoms with Crippen LogP contribution in [0.1, 0.15) is 18.9 Å². The molecular weight excluding hydrogens is 366 g/mol. The highest BCUT2D eigenvalue weighted by molar-refractivity contribution is 6.04. The lowest BCUT2D eigenvalue weighted by molar-refractivity contribution is -0.120. The molecule has 0 unspecified atom stereocenters. The Kier molecular flexibility index (Phi) is 6.67. The minimum Gasteiger partial charge on any atom is -0.490 e. The van der Waals surface area contributed by atoms with Gasteiger partial charge >= 0.3 is 0 Å². The Hall–Kier alpha value is -3.12. The summed E-state index contributed by atoms with van der Waals surface area (Å²) >= 11 is 0. The number of hydrogen-bond donors (Lipinski definition) is 1. The third-order valence-corrected chi connectivity index (χ3v) is 4.78. The van der Waals surface area contributed by atoms with Crippen molar-refractivity contribution < 1.29 is 14.3 Å². The van der Waals surface area contributed by atoms with Gasteiger partial charge in [0, 0.05) is 19.0 Å². The molecule has 0 aliphatic carbocycles. The number of likely N-dealkylation sites (N-methyl/N-ethyl adjacent to an activating group) is 1. The molecule has 0 aromatic heterocycles. The molecule has 6 nitrogen and oxygen atoms in total. The molecule has 0 radical (unpaired) electrons. The lowest BCUT2D eigenvalue weighted by Gasteiger charge is -2.29. The standard InChI is InChI=1S/C23H27N3O3/c1-4-13-29-19-11-9-18(10-12-19)15-25(3)16-23(28)26-17(2)14-22(27)24-20-7-5-6-8-21(20)26/h4-12,17H,1,13-16H2,2-3H3,(H,24,27)/t17-/m0/s1. The molecule has 6 heteroatoms. The zero-order valence-corrected chi connectivity index (χ0v) is 16.9. The van der Waals surface area contributed by atoms with Crippen molar-refractivity contribution in [2.45, 2.75) is 25.9 Å². The minimum absolute atomic E-state index is 0.0325. The first-order chi connectivity index (χ1) is 14.0. The van der Waals surface area contributed by atoms with Gasteiger partial charge in [-0.1, -0.05) is 36.9 Å². The van der Waals surface area contributed by atoms with E-state index in [-0.39, 0.29) is 30.8 Å². The molecule has 2 amide bonds. The zero-order chi connectivity index (χ0) is 20.8. The van der Waals surface area contributed by atoms with Crippen LogP contribution in [0.15, 0.2) is 61.2 Å². The van der Waals surface area contributed by atoms with E-state index in [1.165, 1.54) is 0 Å². The fourth-order valence-electron chi connectivity index (χ4n) is 3.49. The summed E-state index contributed by atoms with van der Waals surface area (Å²) in [5.74, 6) is 0.682. The summed E-state index contributed by atoms with van der Waals surface area (Å²) in [5, 5.41) is 2.89. The molecule has 1 heterocycles. The number of carbonyl (C=O) groups excluding carboxylic acids is 2. The van der Waals surface area contributed by atoms with E-state index in [1.807, 2.05) is 67.4 Å². The normalized spacial score (nSPS) is 16.0. The van der Waals surface area contributed by atoms with Crippen molar-refractivity contribution in [3.63, 3.8) is 0 Å². The van der Waals surface area contributed by atoms with Crippen LogP contribution in [0.25, 0.3) is 0 Å². The van der Waals surface area contributed by atoms with Crippen molar-refractivity contribution in [2.75, 3.05) is 30.4 Å². The summed E-state index contributed by atoms with van der Waals surface area (Å²) in [4.78, 5) is 28.9. The van der Waals surface area contributed by atoms with Gasteiger partial charge in [0.05, 0.1) is 17.9 Å². The largest absolute Gasteiger partial charge is 0.490 e. The van der Waals surface area contributed by atoms with Gasteiger partial charge < -0.3 is 15.0 Å². The van der Waals surface area contributed by atoms with E-state index >= 15 is 0 Å². The van der Waals surface area contributed by atoms with Gasteiger partial charge in [-0.05, 0) is 43.8 Å². The van der Waals surface area contributed by atoms with E-state index in [2.05, 4.69) is 11.9 Å². The smallest absolute Gasteiger partial charge is 0.241 e. The summed E-state index contributed by atoms with van der Waals surface area (Å²) in [6, 6.07) is 15.0. The monoisotopic (exact) mass is 393 g/mol. The second-order valence-electron chi connectivity index (χ2n) is 7.30. The molecule has 1 aliphatic heterocycles. The fourth-order valence-corrected chi connectivity index (χ4v) is 3.49. The molecule has 29 heavy (non-hydrogen) atoms. The summed E-state index contributed by atoms with van der Waals surface area (Å²) < 4.78 is 5.50. The van der Waals surface area contributed by atoms with Crippen LogP contribution in [0.3, 0.4) is 0 Å². The number of fused-ring (bicyclic) bond motifs is 1. The molecule has 1 N–H and O–H groups in total. The van der Waals surface area contributed by atoms with Gasteiger partial charge in [-0.15, -0.1) is 0 Å². The summed E-state index contributed by atoms with van der Waals surface area (Å²) in [6.45, 7) is 6.90. The quantitative estimate of drug-likeness (QED) is 0.732. The van der Waals surface area contributed by atoms with Gasteiger partial charge in [0.2, 0.25) is 11.8 Å². The predicted octanol–water partition coefficient (Wildman–Crippen LogP) is 3.45. The van der Waals surface area contributed by atoms with Gasteiger partial charge in [-0.3, -0.25) is 14.5 Å². The number of rotatable bonds is 7. The Bertz CT molecular complexity index is 879. The molecule has 0 spiro atoms. The average Bonchev–Trinajstić information content (AvgIpc) is 2.81. The zero-order valence-electron chi connectivity index (χ0n) is 16.9. The van der Waals surface area contributed by atoms with E-state index in [4.69, 9.17) is 4.74 Å². The van der Waals surface area contributed by atoms with Crippen LogP contribution >= 0.6 is 0 Å². The Balaban J connectivity index is 1.67. The highest BCUT2D eigenvalue weighted by atomic mass is 16.5. The van der Waals surface area contributed by atoms with Crippen molar-refractivity contribution >= 4 is 23.2 Å². The van der Waals surface area contributed by atoms with Crippen LogP contribution in [0, 0.1) is 0 Å². The topological polar surface area (TPSA) is 61.9 Å². The van der Waals surface area contributed by atoms with E-state index < -0.39 is 0 Å². The molecule has 1 atom stereocenters. The maximum atomic E-state index is 13.1. The Labute approximate surface area is 171 Å². The van der Waals surface area contributed by atoms with Gasteiger partial charge in [0.1, 0.15) is 12.4 Å². The SMILES string of the molecule is C=CCOc1ccc(CN(C)CC(=O)N2c3ccccc3NC(=O)C[C@@H]2C)cc1. The number of anilines is 2. The molecule has 0 saturated carbocycles. The first-order valence-electron chi connectivity index (χ1n) is 9.70. The number of amides is 2. The molecule has 0 saturated heterocycles. The van der Waals surface area contributed by atoms with Crippen molar-refractivity contribution in [2.24, 2.45) is 0 Å². The van der Waals surface area contributed by atoms with Crippen LogP contribution in [-0.2, 0) is 16.1 Å². The van der Waals surface area contributed by atoms with E-state index in [1.54, 1.807) is 11.0 Å². The third-order valence-electron chi connectivity index (χ3n) is 4.78. The second-order valence-corrected chi connectivity index (χ2v) is 7.30. The number of carbonyl (C=O) groups is 2. The van der Waals surface area contributed by atoms with E-state index in [0.717, 1.165) is 17.0 Å². The molecule has 2 aromatic rings. The number of ether oxygens (including phenoxy) is 1. The molecule has 1 aliphatic rings. The van der Waals surface area contributed by atoms with Crippen molar-refractivity contribution in [3.8, 4) is 5.75 Å². The number of nitrogens with one attached hydrogen (secondary N) is 1. The van der Waals surface area contributed by atoms with Crippen LogP contribution in [0.2, 0.25) is 0 Å². The number of nitrogens with zero attached hydrogens (tertiary/aromatic N) is 2. The average molecular weight is 393 g/mol. The van der Waals surface area contributed by atoms with Crippen LogP contribution in [0.5, 0.6) is 5.75 Å². The Morgan fingerprint density at radius 3 is 2.72 bits per heavy atom. The first kappa shape index (κ1) is 20.6. The second kappa shape index (κ2) is 9.39. The van der Waals surface area contributed by atoms with Crippen molar-refractivity contribution in [1.29, 1.82) is 0 Å². The maximum absolute atomic E-state index is 13.1. The molecule has 0 fully saturated rings. The lowest BCUT2D eigenvalue weighted by atomic mass is 10.1. The van der Waals surface area contributed by atoms with Crippen molar-refractivity contribution in [3.05, 3.63) is 66.7 Å². The number of para-hydroxylation sites is 2. The van der Waals surface area contributed by atoms with Gasteiger partial charge in [-0.25, -0.2) is 0 Å². The van der Waals surface area contributed by atoms with E-state index in [0.29, 0.717) is 18.8 Å². The third kappa shape index (κ3) is 5.23. The van der Waals surface area contributed by atoms with Crippen LogP contribution in [-0.4, -0.2) is 43.0 Å². The summed E-state index contributed by atoms with van der Waals surface area (Å²) in [6.07, 6.45) is 1.98. The van der Waals surface area contributed by atoms with Gasteiger partial charge in [0.15, 0.2) is 0 Å². The molecular formula is C23H27N3O3. The van der Waals surface area contributed by atoms with Gasteiger partial charge in [-0.2, -0.15) is 0 Å². The van der Waals surface area contributed by atoms with Crippen molar-refractivity contribution in [1.82, 2.24) is 4.90 Å². The number of hydrogen-bond acceptors (Lipinski definition) is 4. The highest BCUT2D eigenvalue weighted by Crippen LogP contribution is 2.31. The number of benzene rings is 2. The predicted molar refractivity (Wildman–Crippen MR) is 115 cm³/mol. The Morgan fingerprint density at radius 2 is 2.00 bits per heavy atom. The molecule has 2 aromatic carbocycles. The van der Waals surface area contributed by atoms with E-state index in [9.17, 15) is 9.59 Å². The highest BCUT2D eigenvalue weighted by Gasteiger charge is 2.29.